The molecule has 0 saturated heterocycles. The number of anilines is 1. The molecule has 1 aromatic heterocycles. The molecule has 0 aliphatic carbocycles. The number of benzene rings is 2. The molecule has 9 heteroatoms. The molecule has 1 heterocycles. The van der Waals surface area contributed by atoms with Crippen LogP contribution < -0.4 is 4.72 Å². The molecule has 134 valence electrons. The first-order chi connectivity index (χ1) is 12.3. The van der Waals surface area contributed by atoms with E-state index in [0.717, 1.165) is 17.7 Å². The summed E-state index contributed by atoms with van der Waals surface area (Å²) in [4.78, 5) is 3.42. The SMILES string of the molecule is O=S(=O)(Nc1ccc(-c2ccccc2Cl)cn1)c1cc(Cl)c(Cl)cc1F. The molecular weight excluding hydrogens is 422 g/mol. The van der Waals surface area contributed by atoms with Crippen LogP contribution in [-0.4, -0.2) is 13.4 Å². The van der Waals surface area contributed by atoms with Gasteiger partial charge in [0.2, 0.25) is 0 Å². The molecule has 4 nitrogen and oxygen atoms in total. The third-order valence-electron chi connectivity index (χ3n) is 3.45. The van der Waals surface area contributed by atoms with Gasteiger partial charge in [0, 0.05) is 22.3 Å². The number of aromatic nitrogens is 1. The van der Waals surface area contributed by atoms with E-state index in [9.17, 15) is 12.8 Å². The number of sulfonamides is 1. The van der Waals surface area contributed by atoms with Gasteiger partial charge in [0.25, 0.3) is 10.0 Å². The summed E-state index contributed by atoms with van der Waals surface area (Å²) < 4.78 is 40.9. The summed E-state index contributed by atoms with van der Waals surface area (Å²) in [5, 5.41) is 0.390. The van der Waals surface area contributed by atoms with E-state index in [-0.39, 0.29) is 15.9 Å². The predicted molar refractivity (Wildman–Crippen MR) is 102 cm³/mol. The average Bonchev–Trinajstić information content (AvgIpc) is 2.59. The largest absolute Gasteiger partial charge is 0.266 e. The van der Waals surface area contributed by atoms with Gasteiger partial charge in [-0.3, -0.25) is 4.72 Å². The third kappa shape index (κ3) is 3.94. The van der Waals surface area contributed by atoms with Crippen molar-refractivity contribution >= 4 is 50.6 Å². The van der Waals surface area contributed by atoms with Gasteiger partial charge in [-0.25, -0.2) is 17.8 Å². The standard InChI is InChI=1S/C17H10Cl3FN2O2S/c18-12-4-2-1-3-11(12)10-5-6-17(22-9-10)23-26(24,25)16-8-14(20)13(19)7-15(16)21/h1-9H,(H,22,23). The molecule has 0 unspecified atom stereocenters. The van der Waals surface area contributed by atoms with Crippen molar-refractivity contribution in [2.45, 2.75) is 4.90 Å². The number of rotatable bonds is 4. The monoisotopic (exact) mass is 430 g/mol. The zero-order valence-electron chi connectivity index (χ0n) is 12.9. The molecule has 0 radical (unpaired) electrons. The average molecular weight is 432 g/mol. The maximum absolute atomic E-state index is 14.0. The summed E-state index contributed by atoms with van der Waals surface area (Å²) in [6, 6.07) is 12.1. The number of pyridine rings is 1. The summed E-state index contributed by atoms with van der Waals surface area (Å²) in [7, 11) is -4.23. The van der Waals surface area contributed by atoms with Crippen LogP contribution in [0.5, 0.6) is 0 Å². The summed E-state index contributed by atoms with van der Waals surface area (Å²) in [6.45, 7) is 0. The number of nitrogens with one attached hydrogen (secondary N) is 1. The lowest BCUT2D eigenvalue weighted by Gasteiger charge is -2.10. The Morgan fingerprint density at radius 1 is 0.923 bits per heavy atom. The quantitative estimate of drug-likeness (QED) is 0.543. The molecule has 26 heavy (non-hydrogen) atoms. The van der Waals surface area contributed by atoms with Gasteiger partial charge in [0.05, 0.1) is 10.0 Å². The molecule has 0 fully saturated rings. The van der Waals surface area contributed by atoms with Gasteiger partial charge in [-0.05, 0) is 30.3 Å². The molecule has 0 amide bonds. The molecule has 3 aromatic rings. The normalized spacial score (nSPS) is 11.4. The third-order valence-corrected chi connectivity index (χ3v) is 5.87. The highest BCUT2D eigenvalue weighted by Gasteiger charge is 2.21. The first kappa shape index (κ1) is 18.9. The minimum atomic E-state index is -4.23. The van der Waals surface area contributed by atoms with Crippen LogP contribution in [0.15, 0.2) is 59.6 Å². The van der Waals surface area contributed by atoms with Crippen LogP contribution in [0.25, 0.3) is 11.1 Å². The second kappa shape index (κ2) is 7.40. The van der Waals surface area contributed by atoms with Crippen LogP contribution in [0, 0.1) is 5.82 Å². The van der Waals surface area contributed by atoms with Crippen LogP contribution in [0.2, 0.25) is 15.1 Å². The maximum Gasteiger partial charge on any atom is 0.266 e. The second-order valence-corrected chi connectivity index (χ2v) is 8.09. The topological polar surface area (TPSA) is 59.1 Å². The molecule has 0 saturated carbocycles. The van der Waals surface area contributed by atoms with Crippen LogP contribution in [0.1, 0.15) is 0 Å². The minimum Gasteiger partial charge on any atom is -0.263 e. The molecule has 2 aromatic carbocycles. The lowest BCUT2D eigenvalue weighted by atomic mass is 10.1. The van der Waals surface area contributed by atoms with Crippen molar-refractivity contribution in [3.8, 4) is 11.1 Å². The Morgan fingerprint density at radius 2 is 1.62 bits per heavy atom. The number of hydrogen-bond acceptors (Lipinski definition) is 3. The number of nitrogens with zero attached hydrogens (tertiary/aromatic N) is 1. The Morgan fingerprint density at radius 3 is 2.27 bits per heavy atom. The van der Waals surface area contributed by atoms with Crippen LogP contribution in [0.3, 0.4) is 0 Å². The van der Waals surface area contributed by atoms with E-state index in [1.165, 1.54) is 12.3 Å². The number of hydrogen-bond donors (Lipinski definition) is 1. The van der Waals surface area contributed by atoms with Crippen molar-refractivity contribution in [3.63, 3.8) is 0 Å². The highest BCUT2D eigenvalue weighted by molar-refractivity contribution is 7.92. The van der Waals surface area contributed by atoms with Crippen molar-refractivity contribution in [1.82, 2.24) is 4.98 Å². The Labute approximate surface area is 164 Å². The van der Waals surface area contributed by atoms with Crippen molar-refractivity contribution in [2.75, 3.05) is 4.72 Å². The lowest BCUT2D eigenvalue weighted by molar-refractivity contribution is 0.570. The van der Waals surface area contributed by atoms with Crippen molar-refractivity contribution < 1.29 is 12.8 Å². The highest BCUT2D eigenvalue weighted by atomic mass is 35.5. The van der Waals surface area contributed by atoms with Gasteiger partial charge < -0.3 is 0 Å². The van der Waals surface area contributed by atoms with Gasteiger partial charge in [0.15, 0.2) is 0 Å². The summed E-state index contributed by atoms with van der Waals surface area (Å²) in [5.74, 6) is -0.995. The van der Waals surface area contributed by atoms with Crippen LogP contribution >= 0.6 is 34.8 Å². The van der Waals surface area contributed by atoms with E-state index in [2.05, 4.69) is 9.71 Å². The fourth-order valence-corrected chi connectivity index (χ4v) is 3.93. The van der Waals surface area contributed by atoms with Gasteiger partial charge in [-0.2, -0.15) is 0 Å². The van der Waals surface area contributed by atoms with Crippen LogP contribution in [-0.2, 0) is 10.0 Å². The molecule has 3 rings (SSSR count). The van der Waals surface area contributed by atoms with E-state index in [4.69, 9.17) is 34.8 Å². The number of halogens is 4. The summed E-state index contributed by atoms with van der Waals surface area (Å²) in [6.07, 6.45) is 1.46. The lowest BCUT2D eigenvalue weighted by Crippen LogP contribution is -2.15. The molecule has 0 atom stereocenters. The summed E-state index contributed by atoms with van der Waals surface area (Å²) >= 11 is 17.6. The molecule has 0 aliphatic heterocycles. The van der Waals surface area contributed by atoms with Crippen molar-refractivity contribution in [2.24, 2.45) is 0 Å². The predicted octanol–water partition coefficient (Wildman–Crippen LogP) is 5.65. The Bertz CT molecular complexity index is 1070. The van der Waals surface area contributed by atoms with Gasteiger partial charge in [-0.15, -0.1) is 0 Å². The van der Waals surface area contributed by atoms with Crippen LogP contribution in [0.4, 0.5) is 10.2 Å². The zero-order valence-corrected chi connectivity index (χ0v) is 16.0. The maximum atomic E-state index is 14.0. The van der Waals surface area contributed by atoms with Gasteiger partial charge >= 0.3 is 0 Å². The first-order valence-electron chi connectivity index (χ1n) is 7.16. The molecular formula is C17H10Cl3FN2O2S. The smallest absolute Gasteiger partial charge is 0.263 e. The molecule has 1 N–H and O–H groups in total. The summed E-state index contributed by atoms with van der Waals surface area (Å²) in [5.41, 5.74) is 1.46. The van der Waals surface area contributed by atoms with Crippen molar-refractivity contribution in [1.29, 1.82) is 0 Å². The molecule has 0 spiro atoms. The first-order valence-corrected chi connectivity index (χ1v) is 9.78. The Kier molecular flexibility index (Phi) is 5.39. The van der Waals surface area contributed by atoms with Crippen molar-refractivity contribution in [3.05, 3.63) is 75.6 Å². The van der Waals surface area contributed by atoms with E-state index in [0.29, 0.717) is 10.6 Å². The second-order valence-electron chi connectivity index (χ2n) is 5.21. The van der Waals surface area contributed by atoms with E-state index in [1.54, 1.807) is 18.2 Å². The molecule has 0 bridgehead atoms. The zero-order chi connectivity index (χ0) is 18.9. The molecule has 0 aliphatic rings. The van der Waals surface area contributed by atoms with Gasteiger partial charge in [-0.1, -0.05) is 53.0 Å². The fraction of sp³-hybridized carbons (Fsp3) is 0. The van der Waals surface area contributed by atoms with Gasteiger partial charge in [0.1, 0.15) is 16.5 Å². The van der Waals surface area contributed by atoms with E-state index >= 15 is 0 Å². The Balaban J connectivity index is 1.89. The van der Waals surface area contributed by atoms with E-state index < -0.39 is 20.7 Å². The Hall–Kier alpha value is -1.86. The minimum absolute atomic E-state index is 0.0197. The highest BCUT2D eigenvalue weighted by Crippen LogP contribution is 2.30. The fourth-order valence-electron chi connectivity index (χ4n) is 2.21. The van der Waals surface area contributed by atoms with E-state index in [1.807, 2.05) is 12.1 Å².